The lowest BCUT2D eigenvalue weighted by Crippen LogP contribution is -2.59. The first kappa shape index (κ1) is 46.3. The normalized spacial score (nSPS) is 17.9. The Labute approximate surface area is 369 Å². The van der Waals surface area contributed by atoms with Crippen LogP contribution in [0.3, 0.4) is 0 Å². The summed E-state index contributed by atoms with van der Waals surface area (Å²) in [6.45, 7) is 8.23. The maximum Gasteiger partial charge on any atom is 0.407 e. The fourth-order valence-electron chi connectivity index (χ4n) is 7.85. The second-order valence-electron chi connectivity index (χ2n) is 16.5. The quantitative estimate of drug-likeness (QED) is 0.143. The molecule has 336 valence electrons. The molecule has 0 aliphatic carbocycles. The van der Waals surface area contributed by atoms with E-state index in [9.17, 15) is 27.6 Å². The number of aromatic amines is 2. The van der Waals surface area contributed by atoms with Gasteiger partial charge in [0.05, 0.1) is 38.2 Å². The number of rotatable bonds is 12. The maximum absolute atomic E-state index is 14.0. The smallest absolute Gasteiger partial charge is 0.407 e. The molecule has 18 heteroatoms. The number of hydrogen-bond donors (Lipinski definition) is 4. The number of aromatic nitrogens is 3. The summed E-state index contributed by atoms with van der Waals surface area (Å²) < 4.78 is 38.4. The monoisotopic (exact) mass is 883 g/mol. The van der Waals surface area contributed by atoms with Crippen molar-refractivity contribution >= 4 is 34.2 Å². The summed E-state index contributed by atoms with van der Waals surface area (Å²) in [7, 11) is 1.69. The molecule has 6 rings (SSSR count). The fraction of sp³-hybridized carbons (Fsp3) is 0.444. The van der Waals surface area contributed by atoms with Gasteiger partial charge in [0.1, 0.15) is 17.9 Å². The zero-order valence-electron chi connectivity index (χ0n) is 37.0. The lowest BCUT2D eigenvalue weighted by molar-refractivity contribution is -0.139. The number of nitrogens with zero attached hydrogens (tertiary/aromatic N) is 5. The highest BCUT2D eigenvalue weighted by molar-refractivity contribution is 7.86. The van der Waals surface area contributed by atoms with Crippen molar-refractivity contribution in [2.45, 2.75) is 64.7 Å². The molecule has 2 saturated heterocycles. The van der Waals surface area contributed by atoms with Gasteiger partial charge in [0.2, 0.25) is 11.8 Å². The third-order valence-electron chi connectivity index (χ3n) is 11.5. The van der Waals surface area contributed by atoms with E-state index in [-0.39, 0.29) is 49.3 Å². The van der Waals surface area contributed by atoms with Gasteiger partial charge in [-0.25, -0.2) is 14.6 Å². The molecule has 4 atom stereocenters. The molecular formula is C45H57N9O8S. The van der Waals surface area contributed by atoms with Crippen LogP contribution in [0.25, 0.3) is 22.4 Å². The van der Waals surface area contributed by atoms with Crippen molar-refractivity contribution in [1.82, 2.24) is 44.0 Å². The Morgan fingerprint density at radius 2 is 1.32 bits per heavy atom. The molecule has 17 nitrogen and oxygen atoms in total. The van der Waals surface area contributed by atoms with Gasteiger partial charge in [0, 0.05) is 63.3 Å². The number of H-pyrrole nitrogens is 2. The standard InChI is InChI=1S/C45H57N9O8S/c1-28(2)39(49-44(57)61-7)42(55)53-21-9-10-37(53)41-47-26-36(48-41)33-19-15-31(16-20-33)12-11-30-13-17-32(18-14-30)34-24-35(46-25-34)38-27-52(63(59,60)51(5)6)22-23-54(38)43(56)40(29(3)4)50-45(58)62-8/h13-20,24-26,28-29,37-40,46H,9-10,21-23,27H2,1-8H3,(H,47,48)(H,49,57)(H,50,58)/t37-,38-,39-,40-/m0/s1. The van der Waals surface area contributed by atoms with Gasteiger partial charge >= 0.3 is 12.2 Å². The van der Waals surface area contributed by atoms with E-state index in [1.807, 2.05) is 88.5 Å². The highest BCUT2D eigenvalue weighted by Crippen LogP contribution is 2.34. The first-order valence-corrected chi connectivity index (χ1v) is 22.4. The van der Waals surface area contributed by atoms with Crippen LogP contribution in [0.15, 0.2) is 67.0 Å². The number of alkyl carbamates (subject to hydrolysis) is 2. The molecule has 0 unspecified atom stereocenters. The predicted molar refractivity (Wildman–Crippen MR) is 237 cm³/mol. The number of nitrogens with one attached hydrogen (secondary N) is 4. The van der Waals surface area contributed by atoms with Crippen molar-refractivity contribution in [3.05, 3.63) is 89.6 Å². The Kier molecular flexibility index (Phi) is 14.6. The lowest BCUT2D eigenvalue weighted by atomic mass is 10.00. The van der Waals surface area contributed by atoms with Gasteiger partial charge in [0.15, 0.2) is 0 Å². The molecule has 2 aromatic heterocycles. The number of methoxy groups -OCH3 is 2. The summed E-state index contributed by atoms with van der Waals surface area (Å²) in [6.07, 6.45) is 3.81. The molecule has 0 spiro atoms. The highest BCUT2D eigenvalue weighted by Gasteiger charge is 2.41. The van der Waals surface area contributed by atoms with Crippen LogP contribution in [-0.2, 0) is 29.3 Å². The van der Waals surface area contributed by atoms with Crippen LogP contribution in [0.2, 0.25) is 0 Å². The number of benzene rings is 2. The van der Waals surface area contributed by atoms with E-state index in [0.717, 1.165) is 50.7 Å². The van der Waals surface area contributed by atoms with E-state index in [4.69, 9.17) is 9.47 Å². The Morgan fingerprint density at radius 3 is 1.84 bits per heavy atom. The van der Waals surface area contributed by atoms with Gasteiger partial charge in [-0.3, -0.25) is 9.59 Å². The Balaban J connectivity index is 1.13. The minimum atomic E-state index is -3.77. The number of amides is 4. The van der Waals surface area contributed by atoms with E-state index in [0.29, 0.717) is 18.1 Å². The van der Waals surface area contributed by atoms with Crippen LogP contribution in [0.1, 0.15) is 75.3 Å². The van der Waals surface area contributed by atoms with Crippen LogP contribution >= 0.6 is 0 Å². The molecule has 63 heavy (non-hydrogen) atoms. The minimum absolute atomic E-state index is 0.0208. The van der Waals surface area contributed by atoms with E-state index < -0.39 is 40.5 Å². The van der Waals surface area contributed by atoms with E-state index in [1.54, 1.807) is 16.0 Å². The lowest BCUT2D eigenvalue weighted by Gasteiger charge is -2.42. The average Bonchev–Trinajstić information content (AvgIpc) is 4.08. The number of piperazine rings is 1. The first-order valence-electron chi connectivity index (χ1n) is 21.0. The second kappa shape index (κ2) is 19.9. The van der Waals surface area contributed by atoms with Gasteiger partial charge in [-0.1, -0.05) is 63.8 Å². The topological polar surface area (TPSA) is 202 Å². The molecule has 4 amide bonds. The van der Waals surface area contributed by atoms with Gasteiger partial charge in [-0.2, -0.15) is 17.0 Å². The highest BCUT2D eigenvalue weighted by atomic mass is 32.2. The van der Waals surface area contributed by atoms with Crippen molar-refractivity contribution in [2.24, 2.45) is 11.8 Å². The molecule has 0 saturated carbocycles. The number of ether oxygens (including phenoxy) is 2. The van der Waals surface area contributed by atoms with E-state index in [2.05, 4.69) is 37.4 Å². The van der Waals surface area contributed by atoms with E-state index >= 15 is 0 Å². The molecular weight excluding hydrogens is 827 g/mol. The van der Waals surface area contributed by atoms with Gasteiger partial charge < -0.3 is 39.9 Å². The number of hydrogen-bond acceptors (Lipinski definition) is 9. The zero-order valence-corrected chi connectivity index (χ0v) is 37.8. The molecule has 2 aromatic carbocycles. The summed E-state index contributed by atoms with van der Waals surface area (Å²) >= 11 is 0. The minimum Gasteiger partial charge on any atom is -0.453 e. The number of likely N-dealkylation sites (tertiary alicyclic amines) is 1. The molecule has 2 aliphatic heterocycles. The molecule has 2 fully saturated rings. The van der Waals surface area contributed by atoms with Crippen molar-refractivity contribution in [2.75, 3.05) is 54.5 Å². The third-order valence-corrected chi connectivity index (χ3v) is 13.4. The number of imidazole rings is 1. The van der Waals surface area contributed by atoms with Crippen molar-refractivity contribution in [3.8, 4) is 34.2 Å². The van der Waals surface area contributed by atoms with Crippen LogP contribution in [0, 0.1) is 23.7 Å². The molecule has 0 bridgehead atoms. The Morgan fingerprint density at radius 1 is 0.778 bits per heavy atom. The molecule has 4 aromatic rings. The Bertz CT molecular complexity index is 2430. The summed E-state index contributed by atoms with van der Waals surface area (Å²) in [5.74, 6) is 6.28. The van der Waals surface area contributed by atoms with Gasteiger partial charge in [0.25, 0.3) is 10.2 Å². The Hall–Kier alpha value is -6.16. The van der Waals surface area contributed by atoms with Crippen molar-refractivity contribution in [1.29, 1.82) is 0 Å². The summed E-state index contributed by atoms with van der Waals surface area (Å²) in [5, 5.41) is 5.33. The van der Waals surface area contributed by atoms with Gasteiger partial charge in [-0.15, -0.1) is 0 Å². The van der Waals surface area contributed by atoms with Crippen LogP contribution < -0.4 is 10.6 Å². The van der Waals surface area contributed by atoms with Crippen LogP contribution in [-0.4, -0.2) is 132 Å². The maximum atomic E-state index is 14.0. The molecule has 0 radical (unpaired) electrons. The average molecular weight is 884 g/mol. The first-order chi connectivity index (χ1) is 30.0. The summed E-state index contributed by atoms with van der Waals surface area (Å²) in [5.41, 5.74) is 5.75. The third kappa shape index (κ3) is 10.6. The summed E-state index contributed by atoms with van der Waals surface area (Å²) in [4.78, 5) is 66.4. The molecule has 2 aliphatic rings. The zero-order chi connectivity index (χ0) is 45.6. The van der Waals surface area contributed by atoms with Gasteiger partial charge in [-0.05, 0) is 71.7 Å². The fourth-order valence-corrected chi connectivity index (χ4v) is 8.95. The molecule has 4 N–H and O–H groups in total. The summed E-state index contributed by atoms with van der Waals surface area (Å²) in [6, 6.07) is 15.0. The van der Waals surface area contributed by atoms with Crippen LogP contribution in [0.5, 0.6) is 0 Å². The molecule has 4 heterocycles. The predicted octanol–water partition coefficient (Wildman–Crippen LogP) is 4.89. The van der Waals surface area contributed by atoms with Crippen molar-refractivity contribution in [3.63, 3.8) is 0 Å². The second-order valence-corrected chi connectivity index (χ2v) is 18.7. The largest absolute Gasteiger partial charge is 0.453 e. The van der Waals surface area contributed by atoms with Crippen LogP contribution in [0.4, 0.5) is 9.59 Å². The number of carbonyl (C=O) groups is 4. The number of carbonyl (C=O) groups excluding carboxylic acids is 4. The SMILES string of the molecule is COC(=O)N[C@H](C(=O)N1CCN(S(=O)(=O)N(C)C)C[C@H]1c1cc(-c2ccc(C#Cc3ccc(-c4cnc([C@@H]5CCCN5C(=O)[C@@H](NC(=O)OC)C(C)C)[nH]4)cc3)cc2)c[nH]1)C(C)C. The van der Waals surface area contributed by atoms with E-state index in [1.165, 1.54) is 32.6 Å². The van der Waals surface area contributed by atoms with Crippen molar-refractivity contribution < 1.29 is 37.1 Å².